The van der Waals surface area contributed by atoms with E-state index in [9.17, 15) is 14.4 Å². The first-order chi connectivity index (χ1) is 11.5. The molecule has 24 heavy (non-hydrogen) atoms. The zero-order valence-electron chi connectivity index (χ0n) is 13.5. The predicted molar refractivity (Wildman–Crippen MR) is 84.0 cm³/mol. The lowest BCUT2D eigenvalue weighted by atomic mass is 9.97. The van der Waals surface area contributed by atoms with Gasteiger partial charge in [0.1, 0.15) is 0 Å². The predicted octanol–water partition coefficient (Wildman–Crippen LogP) is 0.385. The number of hydrogen-bond donors (Lipinski definition) is 2. The maximum Gasteiger partial charge on any atom is 0.251 e. The van der Waals surface area contributed by atoms with E-state index in [1.807, 2.05) is 0 Å². The lowest BCUT2D eigenvalue weighted by molar-refractivity contribution is -0.136. The molecule has 7 nitrogen and oxygen atoms in total. The lowest BCUT2D eigenvalue weighted by Crippen LogP contribution is -2.41. The summed E-state index contributed by atoms with van der Waals surface area (Å²) in [5.41, 5.74) is 1.43. The Kier molecular flexibility index (Phi) is 4.64. The van der Waals surface area contributed by atoms with Crippen LogP contribution in [0, 0.1) is 5.92 Å². The van der Waals surface area contributed by atoms with Crippen LogP contribution in [-0.4, -0.2) is 43.3 Å². The molecule has 1 atom stereocenters. The quantitative estimate of drug-likeness (QED) is 0.761. The maximum absolute atomic E-state index is 12.2. The van der Waals surface area contributed by atoms with E-state index >= 15 is 0 Å². The van der Waals surface area contributed by atoms with E-state index in [4.69, 9.17) is 9.47 Å². The van der Waals surface area contributed by atoms with Crippen LogP contribution in [0.3, 0.4) is 0 Å². The number of rotatable bonds is 5. The molecule has 3 amide bonds. The molecule has 0 radical (unpaired) electrons. The zero-order chi connectivity index (χ0) is 17.2. The molecule has 2 aliphatic heterocycles. The van der Waals surface area contributed by atoms with Gasteiger partial charge in [-0.25, -0.2) is 0 Å². The second-order valence-electron chi connectivity index (χ2n) is 6.23. The molecule has 0 saturated carbocycles. The molecule has 0 spiro atoms. The third-order valence-corrected chi connectivity index (χ3v) is 4.23. The fourth-order valence-electron chi connectivity index (χ4n) is 2.85. The highest BCUT2D eigenvalue weighted by molar-refractivity contribution is 6.03. The molecule has 7 heteroatoms. The first-order valence-corrected chi connectivity index (χ1v) is 7.94. The SMILES string of the molecule is CC1(CNC(=O)c2ccc(CC3CC(=O)NC3=O)cc2)OCCO1. The van der Waals surface area contributed by atoms with Crippen LogP contribution in [0.1, 0.15) is 29.3 Å². The molecule has 2 N–H and O–H groups in total. The summed E-state index contributed by atoms with van der Waals surface area (Å²) in [6, 6.07) is 7.01. The third kappa shape index (κ3) is 3.80. The van der Waals surface area contributed by atoms with Gasteiger partial charge in [-0.1, -0.05) is 12.1 Å². The van der Waals surface area contributed by atoms with E-state index in [0.717, 1.165) is 5.56 Å². The van der Waals surface area contributed by atoms with Crippen LogP contribution in [0.4, 0.5) is 0 Å². The van der Waals surface area contributed by atoms with Crippen molar-refractivity contribution in [2.45, 2.75) is 25.6 Å². The van der Waals surface area contributed by atoms with Crippen molar-refractivity contribution in [3.8, 4) is 0 Å². The van der Waals surface area contributed by atoms with E-state index in [1.165, 1.54) is 0 Å². The largest absolute Gasteiger partial charge is 0.347 e. The lowest BCUT2D eigenvalue weighted by Gasteiger charge is -2.22. The molecule has 2 aliphatic rings. The van der Waals surface area contributed by atoms with Crippen molar-refractivity contribution in [3.63, 3.8) is 0 Å². The van der Waals surface area contributed by atoms with Gasteiger partial charge in [0.25, 0.3) is 5.91 Å². The van der Waals surface area contributed by atoms with E-state index in [-0.39, 0.29) is 36.6 Å². The summed E-state index contributed by atoms with van der Waals surface area (Å²) in [6.45, 7) is 3.12. The van der Waals surface area contributed by atoms with Gasteiger partial charge in [-0.05, 0) is 31.0 Å². The number of amides is 3. The minimum Gasteiger partial charge on any atom is -0.347 e. The molecule has 128 valence electrons. The van der Waals surface area contributed by atoms with Crippen LogP contribution >= 0.6 is 0 Å². The van der Waals surface area contributed by atoms with Crippen molar-refractivity contribution in [2.24, 2.45) is 5.92 Å². The van der Waals surface area contributed by atoms with Crippen molar-refractivity contribution < 1.29 is 23.9 Å². The highest BCUT2D eigenvalue weighted by atomic mass is 16.7. The number of nitrogens with one attached hydrogen (secondary N) is 2. The van der Waals surface area contributed by atoms with Gasteiger partial charge in [0.2, 0.25) is 11.8 Å². The van der Waals surface area contributed by atoms with Crippen LogP contribution in [0.25, 0.3) is 0 Å². The zero-order valence-corrected chi connectivity index (χ0v) is 13.5. The highest BCUT2D eigenvalue weighted by Gasteiger charge is 2.32. The molecule has 2 saturated heterocycles. The van der Waals surface area contributed by atoms with Crippen molar-refractivity contribution in [1.82, 2.24) is 10.6 Å². The highest BCUT2D eigenvalue weighted by Crippen LogP contribution is 2.19. The topological polar surface area (TPSA) is 93.7 Å². The summed E-state index contributed by atoms with van der Waals surface area (Å²) in [7, 11) is 0. The van der Waals surface area contributed by atoms with E-state index in [0.29, 0.717) is 25.2 Å². The van der Waals surface area contributed by atoms with Gasteiger partial charge in [-0.15, -0.1) is 0 Å². The Hall–Kier alpha value is -2.25. The van der Waals surface area contributed by atoms with Gasteiger partial charge in [-0.2, -0.15) is 0 Å². The van der Waals surface area contributed by atoms with Crippen LogP contribution in [0.15, 0.2) is 24.3 Å². The standard InChI is InChI=1S/C17H20N2O5/c1-17(23-6-7-24-17)10-18-15(21)12-4-2-11(3-5-12)8-13-9-14(20)19-16(13)22/h2-5,13H,6-10H2,1H3,(H,18,21)(H,19,20,22). The molecule has 1 aromatic rings. The Balaban J connectivity index is 1.54. The van der Waals surface area contributed by atoms with Crippen LogP contribution in [0.5, 0.6) is 0 Å². The molecule has 2 heterocycles. The molecule has 1 unspecified atom stereocenters. The number of hydrogen-bond acceptors (Lipinski definition) is 5. The van der Waals surface area contributed by atoms with Gasteiger partial charge in [0, 0.05) is 12.0 Å². The number of benzene rings is 1. The van der Waals surface area contributed by atoms with Crippen LogP contribution in [0.2, 0.25) is 0 Å². The molecular formula is C17H20N2O5. The molecule has 0 aliphatic carbocycles. The summed E-state index contributed by atoms with van der Waals surface area (Å²) < 4.78 is 10.9. The first-order valence-electron chi connectivity index (χ1n) is 7.94. The monoisotopic (exact) mass is 332 g/mol. The molecule has 1 aromatic carbocycles. The van der Waals surface area contributed by atoms with Gasteiger partial charge in [-0.3, -0.25) is 19.7 Å². The average molecular weight is 332 g/mol. The van der Waals surface area contributed by atoms with E-state index in [2.05, 4.69) is 10.6 Å². The normalized spacial score (nSPS) is 22.5. The van der Waals surface area contributed by atoms with Gasteiger partial charge >= 0.3 is 0 Å². The molecule has 2 fully saturated rings. The summed E-state index contributed by atoms with van der Waals surface area (Å²) in [5.74, 6) is -1.76. The number of carbonyl (C=O) groups excluding carboxylic acids is 3. The van der Waals surface area contributed by atoms with Gasteiger partial charge in [0.05, 0.1) is 25.7 Å². The smallest absolute Gasteiger partial charge is 0.251 e. The Morgan fingerprint density at radius 1 is 1.25 bits per heavy atom. The summed E-state index contributed by atoms with van der Waals surface area (Å²) in [6.07, 6.45) is 0.707. The van der Waals surface area contributed by atoms with Crippen molar-refractivity contribution >= 4 is 17.7 Å². The van der Waals surface area contributed by atoms with Crippen molar-refractivity contribution in [1.29, 1.82) is 0 Å². The molecule has 0 bridgehead atoms. The minimum atomic E-state index is -0.766. The van der Waals surface area contributed by atoms with Crippen LogP contribution < -0.4 is 10.6 Å². The first kappa shape index (κ1) is 16.6. The van der Waals surface area contributed by atoms with E-state index < -0.39 is 5.79 Å². The van der Waals surface area contributed by atoms with Crippen LogP contribution in [-0.2, 0) is 25.5 Å². The number of carbonyl (C=O) groups is 3. The molecule has 0 aromatic heterocycles. The average Bonchev–Trinajstić information content (AvgIpc) is 3.12. The maximum atomic E-state index is 12.2. The van der Waals surface area contributed by atoms with Gasteiger partial charge in [0.15, 0.2) is 5.79 Å². The van der Waals surface area contributed by atoms with Crippen molar-refractivity contribution in [3.05, 3.63) is 35.4 Å². The fraction of sp³-hybridized carbons (Fsp3) is 0.471. The van der Waals surface area contributed by atoms with Crippen molar-refractivity contribution in [2.75, 3.05) is 19.8 Å². The summed E-state index contributed by atoms with van der Waals surface area (Å²) in [5, 5.41) is 5.09. The fourth-order valence-corrected chi connectivity index (χ4v) is 2.85. The van der Waals surface area contributed by atoms with E-state index in [1.54, 1.807) is 31.2 Å². The number of ether oxygens (including phenoxy) is 2. The Bertz CT molecular complexity index is 649. The molecule has 3 rings (SSSR count). The minimum absolute atomic E-state index is 0.212. The third-order valence-electron chi connectivity index (χ3n) is 4.23. The second kappa shape index (κ2) is 6.70. The Morgan fingerprint density at radius 3 is 2.50 bits per heavy atom. The Morgan fingerprint density at radius 2 is 1.92 bits per heavy atom. The molecular weight excluding hydrogens is 312 g/mol. The number of imide groups is 1. The summed E-state index contributed by atoms with van der Waals surface area (Å²) >= 11 is 0. The summed E-state index contributed by atoms with van der Waals surface area (Å²) in [4.78, 5) is 34.9. The van der Waals surface area contributed by atoms with Gasteiger partial charge < -0.3 is 14.8 Å². The second-order valence-corrected chi connectivity index (χ2v) is 6.23. The Labute approximate surface area is 139 Å².